The first-order chi connectivity index (χ1) is 11.2. The molecule has 0 fully saturated rings. The van der Waals surface area contributed by atoms with Crippen molar-refractivity contribution in [2.75, 3.05) is 5.84 Å². The summed E-state index contributed by atoms with van der Waals surface area (Å²) in [7, 11) is 0. The summed E-state index contributed by atoms with van der Waals surface area (Å²) in [5, 5.41) is 33.8. The number of hydrazine groups is 3. The average Bonchev–Trinajstić information content (AvgIpc) is 3.30. The Hall–Kier alpha value is -3.16. The fourth-order valence-electron chi connectivity index (χ4n) is 1.25. The Bertz CT molecular complexity index is 603. The van der Waals surface area contributed by atoms with E-state index in [4.69, 9.17) is 23.4 Å². The maximum absolute atomic E-state index is 5.73. The summed E-state index contributed by atoms with van der Waals surface area (Å²) >= 11 is 0. The highest BCUT2D eigenvalue weighted by Gasteiger charge is 2.18. The van der Waals surface area contributed by atoms with Gasteiger partial charge in [-0.3, -0.25) is 17.5 Å². The van der Waals surface area contributed by atoms with Gasteiger partial charge >= 0.3 is 0 Å². The molecule has 0 bridgehead atoms. The lowest BCUT2D eigenvalue weighted by atomic mass is 10.5. The van der Waals surface area contributed by atoms with E-state index in [-0.39, 0.29) is 23.3 Å². The van der Waals surface area contributed by atoms with E-state index in [1.807, 2.05) is 0 Å². The molecule has 0 atom stereocenters. The van der Waals surface area contributed by atoms with E-state index in [0.717, 1.165) is 4.68 Å². The highest BCUT2D eigenvalue weighted by Crippen LogP contribution is 2.14. The monoisotopic (exact) mass is 326 g/mol. The van der Waals surface area contributed by atoms with Gasteiger partial charge in [-0.25, -0.2) is 21.0 Å². The van der Waals surface area contributed by atoms with E-state index in [1.54, 1.807) is 0 Å². The van der Waals surface area contributed by atoms with Crippen LogP contribution in [0.1, 0.15) is 0 Å². The SMILES string of the molecule is NNC(NN)NN.Nn1c(-c2nn[nH]n2)nnc1-c1nn[nH]n1. The van der Waals surface area contributed by atoms with Crippen LogP contribution in [0.4, 0.5) is 0 Å². The molecule has 23 heavy (non-hydrogen) atoms. The Morgan fingerprint density at radius 2 is 1.22 bits per heavy atom. The zero-order chi connectivity index (χ0) is 16.7. The second-order valence-electron chi connectivity index (χ2n) is 3.62. The molecular formula is C5H14N18. The molecule has 3 rings (SSSR count). The minimum Gasteiger partial charge on any atom is -0.335 e. The van der Waals surface area contributed by atoms with Gasteiger partial charge in [-0.1, -0.05) is 0 Å². The molecule has 0 aliphatic carbocycles. The van der Waals surface area contributed by atoms with Crippen molar-refractivity contribution in [1.29, 1.82) is 0 Å². The second-order valence-corrected chi connectivity index (χ2v) is 3.62. The van der Waals surface area contributed by atoms with Crippen LogP contribution in [0.3, 0.4) is 0 Å². The Morgan fingerprint density at radius 3 is 1.48 bits per heavy atom. The zero-order valence-corrected chi connectivity index (χ0v) is 11.4. The number of nitrogen functional groups attached to an aromatic ring is 1. The van der Waals surface area contributed by atoms with Crippen LogP contribution >= 0.6 is 0 Å². The van der Waals surface area contributed by atoms with Crippen molar-refractivity contribution in [2.45, 2.75) is 6.29 Å². The predicted molar refractivity (Wildman–Crippen MR) is 72.3 cm³/mol. The highest BCUT2D eigenvalue weighted by atomic mass is 15.5. The van der Waals surface area contributed by atoms with Gasteiger partial charge in [-0.05, 0) is 10.4 Å². The fraction of sp³-hybridized carbons (Fsp3) is 0.200. The Balaban J connectivity index is 0.000000236. The number of H-pyrrole nitrogens is 2. The van der Waals surface area contributed by atoms with E-state index in [0.29, 0.717) is 0 Å². The quantitative estimate of drug-likeness (QED) is 0.120. The van der Waals surface area contributed by atoms with Crippen molar-refractivity contribution in [1.82, 2.24) is 72.4 Å². The first-order valence-electron chi connectivity index (χ1n) is 5.77. The van der Waals surface area contributed by atoms with Gasteiger partial charge in [0.05, 0.1) is 0 Å². The van der Waals surface area contributed by atoms with Crippen molar-refractivity contribution < 1.29 is 0 Å². The van der Waals surface area contributed by atoms with E-state index in [1.165, 1.54) is 0 Å². The van der Waals surface area contributed by atoms with E-state index in [9.17, 15) is 0 Å². The lowest BCUT2D eigenvalue weighted by Crippen LogP contribution is -2.60. The van der Waals surface area contributed by atoms with Crippen molar-refractivity contribution in [2.24, 2.45) is 17.5 Å². The maximum atomic E-state index is 5.73. The van der Waals surface area contributed by atoms with Gasteiger partial charge in [0, 0.05) is 0 Å². The van der Waals surface area contributed by atoms with Crippen molar-refractivity contribution >= 4 is 0 Å². The molecule has 3 aromatic rings. The lowest BCUT2D eigenvalue weighted by molar-refractivity contribution is 0.373. The number of nitrogens with one attached hydrogen (secondary N) is 5. The number of hydrogen-bond donors (Lipinski definition) is 9. The molecular weight excluding hydrogens is 312 g/mol. The van der Waals surface area contributed by atoms with E-state index in [2.05, 4.69) is 67.7 Å². The van der Waals surface area contributed by atoms with Crippen molar-refractivity contribution in [3.05, 3.63) is 0 Å². The number of aromatic amines is 2. The molecule has 0 spiro atoms. The van der Waals surface area contributed by atoms with Gasteiger partial charge in [-0.15, -0.1) is 30.6 Å². The molecule has 3 heterocycles. The molecule has 0 saturated carbocycles. The first-order valence-corrected chi connectivity index (χ1v) is 5.77. The maximum Gasteiger partial charge on any atom is 0.243 e. The van der Waals surface area contributed by atoms with E-state index >= 15 is 0 Å². The molecule has 0 saturated heterocycles. The largest absolute Gasteiger partial charge is 0.335 e. The molecule has 0 amide bonds. The topological polar surface area (TPSA) is 280 Å². The summed E-state index contributed by atoms with van der Waals surface area (Å²) in [6.45, 7) is 0. The average molecular weight is 326 g/mol. The number of hydrogen-bond acceptors (Lipinski definition) is 15. The molecule has 0 aliphatic heterocycles. The Morgan fingerprint density at radius 1 is 0.783 bits per heavy atom. The molecule has 0 radical (unpaired) electrons. The minimum absolute atomic E-state index is 0.227. The molecule has 13 N–H and O–H groups in total. The molecule has 18 heteroatoms. The highest BCUT2D eigenvalue weighted by molar-refractivity contribution is 5.50. The van der Waals surface area contributed by atoms with Crippen LogP contribution in [0, 0.1) is 0 Å². The van der Waals surface area contributed by atoms with Gasteiger partial charge in [-0.2, -0.15) is 10.4 Å². The third-order valence-electron chi connectivity index (χ3n) is 2.29. The van der Waals surface area contributed by atoms with Crippen LogP contribution in [-0.4, -0.2) is 62.4 Å². The van der Waals surface area contributed by atoms with Crippen LogP contribution < -0.4 is 39.6 Å². The molecule has 0 unspecified atom stereocenters. The van der Waals surface area contributed by atoms with Crippen LogP contribution in [-0.2, 0) is 0 Å². The van der Waals surface area contributed by atoms with Gasteiger partial charge in [0.25, 0.3) is 0 Å². The standard InChI is InChI=1S/C4H4N12.CH10N6/c5-16-3(1-6-12-13-7-1)10-11-4(16)2-8-14-15-9-2;2-5-1(6-3)7-4/h5H2,(H,6,7,12,13)(H,8,9,14,15);1,5-7H,2-4H2. The summed E-state index contributed by atoms with van der Waals surface area (Å²) in [4.78, 5) is 0. The van der Waals surface area contributed by atoms with Crippen molar-refractivity contribution in [3.8, 4) is 23.3 Å². The van der Waals surface area contributed by atoms with Crippen LogP contribution in [0.25, 0.3) is 23.3 Å². The molecule has 3 aromatic heterocycles. The third kappa shape index (κ3) is 3.73. The number of nitrogens with zero attached hydrogens (tertiary/aromatic N) is 9. The zero-order valence-electron chi connectivity index (χ0n) is 11.4. The van der Waals surface area contributed by atoms with Gasteiger partial charge in [0.2, 0.25) is 23.3 Å². The smallest absolute Gasteiger partial charge is 0.243 e. The van der Waals surface area contributed by atoms with Crippen molar-refractivity contribution in [3.63, 3.8) is 0 Å². The van der Waals surface area contributed by atoms with Crippen LogP contribution in [0.15, 0.2) is 0 Å². The first kappa shape index (κ1) is 16.2. The molecule has 0 aliphatic rings. The lowest BCUT2D eigenvalue weighted by Gasteiger charge is -2.10. The van der Waals surface area contributed by atoms with Gasteiger partial charge < -0.3 is 5.84 Å². The molecule has 124 valence electrons. The third-order valence-corrected chi connectivity index (χ3v) is 2.29. The van der Waals surface area contributed by atoms with Gasteiger partial charge in [0.1, 0.15) is 6.29 Å². The summed E-state index contributed by atoms with van der Waals surface area (Å²) < 4.78 is 1.15. The summed E-state index contributed by atoms with van der Waals surface area (Å²) in [6, 6.07) is 0. The number of nitrogens with two attached hydrogens (primary N) is 4. The Labute approximate surface area is 126 Å². The molecule has 0 aromatic carbocycles. The number of aromatic nitrogens is 11. The second kappa shape index (κ2) is 7.74. The predicted octanol–water partition coefficient (Wildman–Crippen LogP) is -5.99. The van der Waals surface area contributed by atoms with Gasteiger partial charge in [0.15, 0.2) is 0 Å². The number of tetrazole rings is 2. The summed E-state index contributed by atoms with van der Waals surface area (Å²) in [6.07, 6.45) is -0.431. The number of rotatable bonds is 5. The molecule has 18 nitrogen and oxygen atoms in total. The summed E-state index contributed by atoms with van der Waals surface area (Å²) in [5.74, 6) is 21.3. The van der Waals surface area contributed by atoms with Crippen LogP contribution in [0.2, 0.25) is 0 Å². The normalized spacial score (nSPS) is 10.6. The van der Waals surface area contributed by atoms with E-state index < -0.39 is 6.29 Å². The fourth-order valence-corrected chi connectivity index (χ4v) is 1.25. The van der Waals surface area contributed by atoms with Crippen LogP contribution in [0.5, 0.6) is 0 Å². The summed E-state index contributed by atoms with van der Waals surface area (Å²) in [5.41, 5.74) is 6.69. The minimum atomic E-state index is -0.431. The Kier molecular flexibility index (Phi) is 5.45.